The molecule has 13 heteroatoms. The first-order chi connectivity index (χ1) is 17.1. The molecule has 0 saturated carbocycles. The summed E-state index contributed by atoms with van der Waals surface area (Å²) in [5.41, 5.74) is 6.32. The maximum atomic E-state index is 15.1. The number of nitrogen functional groups attached to an aromatic ring is 1. The van der Waals surface area contributed by atoms with E-state index in [0.717, 1.165) is 12.1 Å². The van der Waals surface area contributed by atoms with Gasteiger partial charge in [0.2, 0.25) is 17.4 Å². The smallest absolute Gasteiger partial charge is 0.204 e. The second kappa shape index (κ2) is 9.87. The molecule has 188 valence electrons. The molecule has 0 radical (unpaired) electrons. The van der Waals surface area contributed by atoms with E-state index >= 15 is 4.39 Å². The largest absolute Gasteiger partial charge is 0.451 e. The van der Waals surface area contributed by atoms with Crippen LogP contribution in [0.15, 0.2) is 43.2 Å². The highest BCUT2D eigenvalue weighted by molar-refractivity contribution is 5.98. The average molecular weight is 506 g/mol. The van der Waals surface area contributed by atoms with Crippen molar-refractivity contribution in [2.45, 2.75) is 12.8 Å². The molecule has 4 rings (SSSR count). The van der Waals surface area contributed by atoms with E-state index in [2.05, 4.69) is 21.6 Å². The summed E-state index contributed by atoms with van der Waals surface area (Å²) in [6, 6.07) is 3.14. The minimum atomic E-state index is -1.76. The van der Waals surface area contributed by atoms with E-state index in [9.17, 15) is 22.7 Å². The summed E-state index contributed by atoms with van der Waals surface area (Å²) in [6.07, 6.45) is 1.68. The topological polar surface area (TPSA) is 102 Å². The molecule has 4 aromatic rings. The van der Waals surface area contributed by atoms with Gasteiger partial charge < -0.3 is 15.6 Å². The molecule has 0 aliphatic carbocycles. The number of nitrogens with zero attached hydrogens (tertiary/aromatic N) is 5. The summed E-state index contributed by atoms with van der Waals surface area (Å²) < 4.78 is 76.3. The normalized spacial score (nSPS) is 12.3. The van der Waals surface area contributed by atoms with Crippen LogP contribution in [-0.4, -0.2) is 49.6 Å². The highest BCUT2D eigenvalue weighted by atomic mass is 19.2. The molecule has 0 bridgehead atoms. The summed E-state index contributed by atoms with van der Waals surface area (Å²) in [5.74, 6) is -9.54. The van der Waals surface area contributed by atoms with Gasteiger partial charge in [-0.05, 0) is 25.3 Å². The molecule has 2 aromatic carbocycles. The number of hydrogen-bond donors (Lipinski definition) is 2. The Hall–Kier alpha value is -4.10. The fraction of sp³-hybridized carbons (Fsp3) is 0.174. The third-order valence-electron chi connectivity index (χ3n) is 5.37. The fourth-order valence-corrected chi connectivity index (χ4v) is 3.45. The van der Waals surface area contributed by atoms with Crippen molar-refractivity contribution in [1.29, 1.82) is 0 Å². The lowest BCUT2D eigenvalue weighted by Crippen LogP contribution is -2.32. The summed E-state index contributed by atoms with van der Waals surface area (Å²) in [4.78, 5) is 9.70. The van der Waals surface area contributed by atoms with Crippen molar-refractivity contribution in [1.82, 2.24) is 24.6 Å². The van der Waals surface area contributed by atoms with Gasteiger partial charge in [0.25, 0.3) is 0 Å². The fourth-order valence-electron chi connectivity index (χ4n) is 3.45. The van der Waals surface area contributed by atoms with Crippen molar-refractivity contribution in [3.63, 3.8) is 0 Å². The number of benzene rings is 2. The van der Waals surface area contributed by atoms with Crippen LogP contribution in [0.5, 0.6) is 11.5 Å². The van der Waals surface area contributed by atoms with Gasteiger partial charge in [0, 0.05) is 24.2 Å². The number of aliphatic hydroxyl groups excluding tert-OH is 1. The first kappa shape index (κ1) is 25.0. The molecule has 0 fully saturated rings. The van der Waals surface area contributed by atoms with E-state index in [1.54, 1.807) is 11.9 Å². The zero-order chi connectivity index (χ0) is 26.1. The quantitative estimate of drug-likeness (QED) is 0.161. The van der Waals surface area contributed by atoms with Crippen LogP contribution in [0.3, 0.4) is 0 Å². The maximum Gasteiger partial charge on any atom is 0.204 e. The SMILES string of the molecule is C=CC(O)N(C)CCn1nc(-c2ccc(Oc3c(F)c(F)cc(F)c3F)cc2F)c2c(N)ncnc21. The molecule has 0 aliphatic rings. The lowest BCUT2D eigenvalue weighted by molar-refractivity contribution is 0.0601. The van der Waals surface area contributed by atoms with E-state index in [1.807, 2.05) is 0 Å². The number of hydrogen-bond acceptors (Lipinski definition) is 7. The van der Waals surface area contributed by atoms with Crippen LogP contribution < -0.4 is 10.5 Å². The highest BCUT2D eigenvalue weighted by Crippen LogP contribution is 2.36. The van der Waals surface area contributed by atoms with Crippen molar-refractivity contribution in [2.75, 3.05) is 19.3 Å². The van der Waals surface area contributed by atoms with Gasteiger partial charge in [-0.2, -0.15) is 13.9 Å². The molecule has 8 nitrogen and oxygen atoms in total. The third-order valence-corrected chi connectivity index (χ3v) is 5.37. The Morgan fingerprint density at radius 1 is 1.11 bits per heavy atom. The zero-order valence-corrected chi connectivity index (χ0v) is 18.7. The van der Waals surface area contributed by atoms with Crippen LogP contribution in [0.1, 0.15) is 0 Å². The van der Waals surface area contributed by atoms with Crippen LogP contribution in [0.4, 0.5) is 27.8 Å². The molecule has 0 aliphatic heterocycles. The van der Waals surface area contributed by atoms with Gasteiger partial charge >= 0.3 is 0 Å². The van der Waals surface area contributed by atoms with Gasteiger partial charge in [0.15, 0.2) is 17.3 Å². The van der Waals surface area contributed by atoms with E-state index < -0.39 is 46.8 Å². The van der Waals surface area contributed by atoms with Gasteiger partial charge in [-0.1, -0.05) is 6.58 Å². The number of aromatic nitrogens is 4. The van der Waals surface area contributed by atoms with Crippen molar-refractivity contribution in [2.24, 2.45) is 0 Å². The zero-order valence-electron chi connectivity index (χ0n) is 18.7. The summed E-state index contributed by atoms with van der Waals surface area (Å²) in [6.45, 7) is 4.08. The van der Waals surface area contributed by atoms with Crippen LogP contribution in [0.25, 0.3) is 22.3 Å². The van der Waals surface area contributed by atoms with Crippen molar-refractivity contribution in [3.8, 4) is 22.8 Å². The molecule has 1 unspecified atom stereocenters. The van der Waals surface area contributed by atoms with Crippen molar-refractivity contribution < 1.29 is 31.8 Å². The van der Waals surface area contributed by atoms with Crippen LogP contribution in [0.2, 0.25) is 0 Å². The Bertz CT molecular complexity index is 1430. The maximum absolute atomic E-state index is 15.1. The van der Waals surface area contributed by atoms with Crippen LogP contribution >= 0.6 is 0 Å². The first-order valence-corrected chi connectivity index (χ1v) is 10.4. The molecule has 36 heavy (non-hydrogen) atoms. The van der Waals surface area contributed by atoms with E-state index in [0.29, 0.717) is 12.2 Å². The average Bonchev–Trinajstić information content (AvgIpc) is 3.23. The van der Waals surface area contributed by atoms with Gasteiger partial charge in [0.1, 0.15) is 35.6 Å². The molecular formula is C23H19F5N6O2. The highest BCUT2D eigenvalue weighted by Gasteiger charge is 2.23. The molecule has 0 saturated heterocycles. The Labute approximate surface area is 201 Å². The second-order valence-corrected chi connectivity index (χ2v) is 7.70. The second-order valence-electron chi connectivity index (χ2n) is 7.70. The Morgan fingerprint density at radius 3 is 2.44 bits per heavy atom. The van der Waals surface area contributed by atoms with Gasteiger partial charge in [-0.25, -0.2) is 27.8 Å². The van der Waals surface area contributed by atoms with Crippen LogP contribution in [0, 0.1) is 29.1 Å². The minimum Gasteiger partial charge on any atom is -0.451 e. The summed E-state index contributed by atoms with van der Waals surface area (Å²) >= 11 is 0. The summed E-state index contributed by atoms with van der Waals surface area (Å²) in [5, 5.41) is 14.5. The molecule has 3 N–H and O–H groups in total. The Morgan fingerprint density at radius 2 is 1.81 bits per heavy atom. The predicted molar refractivity (Wildman–Crippen MR) is 120 cm³/mol. The third kappa shape index (κ3) is 4.57. The molecule has 2 heterocycles. The Kier molecular flexibility index (Phi) is 6.86. The molecule has 0 amide bonds. The lowest BCUT2D eigenvalue weighted by atomic mass is 10.1. The Balaban J connectivity index is 1.71. The van der Waals surface area contributed by atoms with Crippen molar-refractivity contribution >= 4 is 16.9 Å². The van der Waals surface area contributed by atoms with Crippen molar-refractivity contribution in [3.05, 3.63) is 72.3 Å². The van der Waals surface area contributed by atoms with E-state index in [4.69, 9.17) is 10.5 Å². The first-order valence-electron chi connectivity index (χ1n) is 10.4. The van der Waals surface area contributed by atoms with E-state index in [-0.39, 0.29) is 35.1 Å². The molecule has 2 aromatic heterocycles. The number of aliphatic hydroxyl groups is 1. The number of ether oxygens (including phenoxy) is 1. The summed E-state index contributed by atoms with van der Waals surface area (Å²) in [7, 11) is 1.66. The van der Waals surface area contributed by atoms with Crippen LogP contribution in [-0.2, 0) is 6.54 Å². The number of halogens is 5. The molecular weight excluding hydrogens is 487 g/mol. The monoisotopic (exact) mass is 506 g/mol. The van der Waals surface area contributed by atoms with Gasteiger partial charge in [-0.15, -0.1) is 0 Å². The number of likely N-dealkylation sites (N-methyl/N-ethyl adjacent to an activating group) is 1. The van der Waals surface area contributed by atoms with Gasteiger partial charge in [-0.3, -0.25) is 4.90 Å². The number of fused-ring (bicyclic) bond motifs is 1. The number of anilines is 1. The van der Waals surface area contributed by atoms with E-state index in [1.165, 1.54) is 23.2 Å². The minimum absolute atomic E-state index is 0.0276. The predicted octanol–water partition coefficient (Wildman–Crippen LogP) is 4.00. The number of nitrogens with two attached hydrogens (primary N) is 1. The van der Waals surface area contributed by atoms with Gasteiger partial charge in [0.05, 0.1) is 11.9 Å². The number of rotatable bonds is 8. The lowest BCUT2D eigenvalue weighted by Gasteiger charge is -2.20. The molecule has 0 spiro atoms. The standard InChI is InChI=1S/C23H19F5N6O2/c1-3-16(35)33(2)6-7-34-23-17(22(29)30-10-31-23)20(32-34)12-5-4-11(8-13(12)24)36-21-18(27)14(25)9-15(26)19(21)28/h3-5,8-10,16,35H,1,6-7H2,2H3,(H2,29,30,31). The molecule has 1 atom stereocenters.